The number of rotatable bonds is 1. The molecule has 46 valence electrons. The predicted molar refractivity (Wildman–Crippen MR) is 34.0 cm³/mol. The van der Waals surface area contributed by atoms with Crippen molar-refractivity contribution in [2.75, 3.05) is 0 Å². The first-order chi connectivity index (χ1) is 4.38. The second kappa shape index (κ2) is 2.31. The Bertz CT molecular complexity index is 209. The molecular formula is C7H6O2. The maximum atomic E-state index is 10.1. The van der Waals surface area contributed by atoms with E-state index in [1.54, 1.807) is 18.2 Å². The van der Waals surface area contributed by atoms with Gasteiger partial charge in [0.15, 0.2) is 6.29 Å². The molecule has 0 saturated heterocycles. The zero-order valence-corrected chi connectivity index (χ0v) is 4.74. The third kappa shape index (κ3) is 0.914. The Morgan fingerprint density at radius 3 is 2.78 bits per heavy atom. The van der Waals surface area contributed by atoms with Crippen molar-refractivity contribution < 1.29 is 9.90 Å². The van der Waals surface area contributed by atoms with Crippen molar-refractivity contribution in [1.29, 1.82) is 0 Å². The summed E-state index contributed by atoms with van der Waals surface area (Å²) in [5.41, 5.74) is 1.10. The molecule has 0 heterocycles. The van der Waals surface area contributed by atoms with Crippen LogP contribution in [0.5, 0.6) is 0 Å². The Hall–Kier alpha value is -1.31. The third-order valence-electron chi connectivity index (χ3n) is 1.15. The lowest BCUT2D eigenvalue weighted by Gasteiger charge is -1.88. The van der Waals surface area contributed by atoms with E-state index in [4.69, 9.17) is 5.11 Å². The van der Waals surface area contributed by atoms with Crippen molar-refractivity contribution >= 4 is 6.29 Å². The molecule has 9 heavy (non-hydrogen) atoms. The number of aldehydes is 1. The number of allylic oxidation sites excluding steroid dienone is 5. The molecule has 0 bridgehead atoms. The third-order valence-corrected chi connectivity index (χ3v) is 1.15. The van der Waals surface area contributed by atoms with E-state index in [2.05, 4.69) is 0 Å². The highest BCUT2D eigenvalue weighted by Crippen LogP contribution is 2.14. The molecule has 0 amide bonds. The minimum Gasteiger partial charge on any atom is -0.515 e. The Labute approximate surface area is 52.8 Å². The van der Waals surface area contributed by atoms with Gasteiger partial charge in [-0.2, -0.15) is 0 Å². The van der Waals surface area contributed by atoms with Gasteiger partial charge in [-0.15, -0.1) is 0 Å². The minimum absolute atomic E-state index is 0.525. The zero-order chi connectivity index (χ0) is 6.69. The SMILES string of the molecule is O=CC1=CC=CC1=CO. The molecule has 0 saturated carbocycles. The normalized spacial score (nSPS) is 20.4. The van der Waals surface area contributed by atoms with Crippen molar-refractivity contribution in [1.82, 2.24) is 0 Å². The van der Waals surface area contributed by atoms with Gasteiger partial charge in [-0.25, -0.2) is 0 Å². The summed E-state index contributed by atoms with van der Waals surface area (Å²) in [5, 5.41) is 8.45. The zero-order valence-electron chi connectivity index (χ0n) is 4.74. The molecule has 0 aromatic carbocycles. The summed E-state index contributed by atoms with van der Waals surface area (Å²) in [6.45, 7) is 0. The fourth-order valence-corrected chi connectivity index (χ4v) is 0.673. The maximum absolute atomic E-state index is 10.1. The number of carbonyl (C=O) groups excluding carboxylic acids is 1. The molecule has 0 aliphatic heterocycles. The molecule has 1 rings (SSSR count). The maximum Gasteiger partial charge on any atom is 0.150 e. The molecule has 1 aliphatic carbocycles. The summed E-state index contributed by atoms with van der Waals surface area (Å²) >= 11 is 0. The van der Waals surface area contributed by atoms with Crippen molar-refractivity contribution in [3.63, 3.8) is 0 Å². The molecule has 0 unspecified atom stereocenters. The van der Waals surface area contributed by atoms with Gasteiger partial charge in [0.1, 0.15) is 0 Å². The Balaban J connectivity index is 2.91. The lowest BCUT2D eigenvalue weighted by molar-refractivity contribution is -0.104. The van der Waals surface area contributed by atoms with Gasteiger partial charge in [0.05, 0.1) is 6.26 Å². The number of hydrogen-bond acceptors (Lipinski definition) is 2. The van der Waals surface area contributed by atoms with Gasteiger partial charge in [0, 0.05) is 11.1 Å². The van der Waals surface area contributed by atoms with Crippen LogP contribution in [0.1, 0.15) is 0 Å². The first-order valence-corrected chi connectivity index (χ1v) is 2.57. The Morgan fingerprint density at radius 2 is 2.33 bits per heavy atom. The van der Waals surface area contributed by atoms with Crippen molar-refractivity contribution in [3.8, 4) is 0 Å². The highest BCUT2D eigenvalue weighted by Gasteiger charge is 2.02. The summed E-state index contributed by atoms with van der Waals surface area (Å²) in [5.74, 6) is 0. The molecule has 2 nitrogen and oxygen atoms in total. The van der Waals surface area contributed by atoms with E-state index in [9.17, 15) is 4.79 Å². The lowest BCUT2D eigenvalue weighted by atomic mass is 10.2. The van der Waals surface area contributed by atoms with E-state index in [1.165, 1.54) is 0 Å². The van der Waals surface area contributed by atoms with Gasteiger partial charge in [-0.1, -0.05) is 18.2 Å². The van der Waals surface area contributed by atoms with Crippen LogP contribution in [-0.2, 0) is 4.79 Å². The van der Waals surface area contributed by atoms with Crippen molar-refractivity contribution in [2.24, 2.45) is 0 Å². The molecule has 0 fully saturated rings. The quantitative estimate of drug-likeness (QED) is 0.418. The van der Waals surface area contributed by atoms with E-state index in [-0.39, 0.29) is 0 Å². The average Bonchev–Trinajstić information content (AvgIpc) is 2.33. The second-order valence-electron chi connectivity index (χ2n) is 1.68. The largest absolute Gasteiger partial charge is 0.515 e. The minimum atomic E-state index is 0.525. The van der Waals surface area contributed by atoms with Crippen molar-refractivity contribution in [3.05, 3.63) is 35.6 Å². The molecule has 0 spiro atoms. The summed E-state index contributed by atoms with van der Waals surface area (Å²) in [6, 6.07) is 0. The van der Waals surface area contributed by atoms with E-state index in [0.29, 0.717) is 17.4 Å². The summed E-state index contributed by atoms with van der Waals surface area (Å²) < 4.78 is 0. The summed E-state index contributed by atoms with van der Waals surface area (Å²) in [7, 11) is 0. The summed E-state index contributed by atoms with van der Waals surface area (Å²) in [4.78, 5) is 10.1. The molecule has 1 aliphatic rings. The molecule has 0 aromatic rings. The van der Waals surface area contributed by atoms with E-state index in [0.717, 1.165) is 6.26 Å². The van der Waals surface area contributed by atoms with Crippen LogP contribution in [0.4, 0.5) is 0 Å². The predicted octanol–water partition coefficient (Wildman–Crippen LogP) is 1.12. The molecule has 0 radical (unpaired) electrons. The lowest BCUT2D eigenvalue weighted by Crippen LogP contribution is -1.82. The summed E-state index contributed by atoms with van der Waals surface area (Å²) in [6.07, 6.45) is 6.66. The van der Waals surface area contributed by atoms with Crippen LogP contribution in [0.2, 0.25) is 0 Å². The Morgan fingerprint density at radius 1 is 1.56 bits per heavy atom. The van der Waals surface area contributed by atoms with Crippen LogP contribution in [0.15, 0.2) is 35.6 Å². The molecular weight excluding hydrogens is 116 g/mol. The van der Waals surface area contributed by atoms with Gasteiger partial charge in [0.25, 0.3) is 0 Å². The second-order valence-corrected chi connectivity index (χ2v) is 1.68. The van der Waals surface area contributed by atoms with Gasteiger partial charge >= 0.3 is 0 Å². The van der Waals surface area contributed by atoms with E-state index >= 15 is 0 Å². The van der Waals surface area contributed by atoms with Gasteiger partial charge in [-0.3, -0.25) is 4.79 Å². The van der Waals surface area contributed by atoms with Gasteiger partial charge < -0.3 is 5.11 Å². The fourth-order valence-electron chi connectivity index (χ4n) is 0.673. The van der Waals surface area contributed by atoms with Crippen LogP contribution in [-0.4, -0.2) is 11.4 Å². The van der Waals surface area contributed by atoms with Crippen LogP contribution >= 0.6 is 0 Å². The van der Waals surface area contributed by atoms with Crippen molar-refractivity contribution in [2.45, 2.75) is 0 Å². The molecule has 0 atom stereocenters. The van der Waals surface area contributed by atoms with E-state index < -0.39 is 0 Å². The standard InChI is InChI=1S/C7H6O2/c8-4-6-2-1-3-7(6)5-9/h1-5,8H. The number of aliphatic hydroxyl groups is 1. The van der Waals surface area contributed by atoms with Crippen LogP contribution in [0.25, 0.3) is 0 Å². The smallest absolute Gasteiger partial charge is 0.150 e. The fraction of sp³-hybridized carbons (Fsp3) is 0. The molecule has 1 N–H and O–H groups in total. The number of aliphatic hydroxyl groups excluding tert-OH is 1. The Kier molecular flexibility index (Phi) is 1.49. The number of hydrogen-bond donors (Lipinski definition) is 1. The van der Waals surface area contributed by atoms with Gasteiger partial charge in [0.2, 0.25) is 0 Å². The topological polar surface area (TPSA) is 37.3 Å². The first-order valence-electron chi connectivity index (χ1n) is 2.57. The van der Waals surface area contributed by atoms with Crippen LogP contribution < -0.4 is 0 Å². The van der Waals surface area contributed by atoms with Gasteiger partial charge in [-0.05, 0) is 0 Å². The first kappa shape index (κ1) is 5.82. The van der Waals surface area contributed by atoms with E-state index in [1.807, 2.05) is 0 Å². The molecule has 0 aromatic heterocycles. The highest BCUT2D eigenvalue weighted by atomic mass is 16.2. The average molecular weight is 122 g/mol. The monoisotopic (exact) mass is 122 g/mol. The van der Waals surface area contributed by atoms with Crippen LogP contribution in [0, 0.1) is 0 Å². The van der Waals surface area contributed by atoms with Crippen LogP contribution in [0.3, 0.4) is 0 Å². The number of carbonyl (C=O) groups is 1. The highest BCUT2D eigenvalue weighted by molar-refractivity contribution is 5.84. The molecule has 2 heteroatoms.